The Labute approximate surface area is 204 Å². The van der Waals surface area contributed by atoms with E-state index in [1.54, 1.807) is 24.3 Å². The number of aryl methyl sites for hydroxylation is 1. The molecule has 2 amide bonds. The van der Waals surface area contributed by atoms with Crippen molar-refractivity contribution in [2.24, 2.45) is 11.8 Å². The number of ketones is 2. The maximum absolute atomic E-state index is 13.8. The van der Waals surface area contributed by atoms with Gasteiger partial charge in [-0.25, -0.2) is 4.90 Å². The van der Waals surface area contributed by atoms with E-state index in [0.717, 1.165) is 10.5 Å². The Morgan fingerprint density at radius 3 is 1.97 bits per heavy atom. The molecule has 178 valence electrons. The number of benzene rings is 3. The van der Waals surface area contributed by atoms with Crippen LogP contribution in [0.1, 0.15) is 37.9 Å². The smallest absolute Gasteiger partial charge is 0.269 e. The van der Waals surface area contributed by atoms with Crippen molar-refractivity contribution < 1.29 is 28.8 Å². The lowest BCUT2D eigenvalue weighted by Gasteiger charge is -2.27. The molecule has 0 bridgehead atoms. The van der Waals surface area contributed by atoms with Crippen molar-refractivity contribution in [1.29, 1.82) is 0 Å². The van der Waals surface area contributed by atoms with Gasteiger partial charge < -0.3 is 4.74 Å². The zero-order chi connectivity index (χ0) is 25.4. The molecular weight excluding hydrogens is 464 g/mol. The third kappa shape index (κ3) is 2.74. The molecule has 3 aliphatic rings. The molecule has 2 fully saturated rings. The van der Waals surface area contributed by atoms with Crippen molar-refractivity contribution >= 4 is 34.8 Å². The fourth-order valence-corrected chi connectivity index (χ4v) is 5.55. The van der Waals surface area contributed by atoms with Gasteiger partial charge in [-0.2, -0.15) is 0 Å². The van der Waals surface area contributed by atoms with E-state index < -0.39 is 51.8 Å². The molecule has 0 aromatic heterocycles. The number of carbonyl (C=O) groups is 4. The molecule has 2 saturated heterocycles. The van der Waals surface area contributed by atoms with E-state index in [1.807, 2.05) is 19.1 Å². The first kappa shape index (κ1) is 22.0. The van der Waals surface area contributed by atoms with Gasteiger partial charge in [-0.1, -0.05) is 54.1 Å². The van der Waals surface area contributed by atoms with E-state index in [2.05, 4.69) is 0 Å². The number of nitrogens with zero attached hydrogens (tertiary/aromatic N) is 2. The molecule has 3 atom stereocenters. The Bertz CT molecular complexity index is 1460. The Morgan fingerprint density at radius 1 is 0.833 bits per heavy atom. The lowest BCUT2D eigenvalue weighted by atomic mass is 9.77. The van der Waals surface area contributed by atoms with Crippen molar-refractivity contribution in [2.45, 2.75) is 18.6 Å². The molecule has 9 nitrogen and oxygen atoms in total. The van der Waals surface area contributed by atoms with Gasteiger partial charge in [-0.15, -0.1) is 0 Å². The quantitative estimate of drug-likeness (QED) is 0.242. The number of anilines is 1. The van der Waals surface area contributed by atoms with E-state index in [0.29, 0.717) is 5.56 Å². The van der Waals surface area contributed by atoms with E-state index in [4.69, 9.17) is 4.74 Å². The largest absolute Gasteiger partial charge is 0.349 e. The van der Waals surface area contributed by atoms with Crippen LogP contribution < -0.4 is 4.90 Å². The Balaban J connectivity index is 1.51. The van der Waals surface area contributed by atoms with Gasteiger partial charge in [-0.3, -0.25) is 29.3 Å². The summed E-state index contributed by atoms with van der Waals surface area (Å²) in [6.45, 7) is 1.89. The standard InChI is InChI=1S/C27H18N2O7/c1-14-6-8-15(9-7-14)22-20-21(27(36-22)23(30)18-4-2-3-5-19(18)24(27)31)26(33)28(25(20)32)16-10-12-17(13-11-16)29(34)35/h2-13,20-22H,1H3. The first-order chi connectivity index (χ1) is 17.3. The van der Waals surface area contributed by atoms with Gasteiger partial charge in [0.25, 0.3) is 5.69 Å². The van der Waals surface area contributed by atoms with Gasteiger partial charge in [0.15, 0.2) is 0 Å². The molecule has 2 heterocycles. The normalized spacial score (nSPS) is 23.9. The summed E-state index contributed by atoms with van der Waals surface area (Å²) in [6.07, 6.45) is -1.02. The fourth-order valence-electron chi connectivity index (χ4n) is 5.55. The number of nitro benzene ring substituents is 1. The van der Waals surface area contributed by atoms with E-state index in [9.17, 15) is 29.3 Å². The first-order valence-corrected chi connectivity index (χ1v) is 11.3. The van der Waals surface area contributed by atoms with Crippen molar-refractivity contribution in [1.82, 2.24) is 0 Å². The Hall–Kier alpha value is -4.50. The van der Waals surface area contributed by atoms with Crippen LogP contribution in [0.2, 0.25) is 0 Å². The summed E-state index contributed by atoms with van der Waals surface area (Å²) in [5, 5.41) is 11.1. The van der Waals surface area contributed by atoms with Crippen molar-refractivity contribution in [3.8, 4) is 0 Å². The molecule has 3 unspecified atom stereocenters. The number of hydrogen-bond acceptors (Lipinski definition) is 7. The zero-order valence-corrected chi connectivity index (χ0v) is 18.9. The second kappa shape index (κ2) is 7.50. The summed E-state index contributed by atoms with van der Waals surface area (Å²) in [4.78, 5) is 66.4. The summed E-state index contributed by atoms with van der Waals surface area (Å²) in [7, 11) is 0. The molecular formula is C27H18N2O7. The van der Waals surface area contributed by atoms with Crippen molar-refractivity contribution in [3.05, 3.63) is 105 Å². The number of carbonyl (C=O) groups excluding carboxylic acids is 4. The number of imide groups is 1. The monoisotopic (exact) mass is 482 g/mol. The molecule has 9 heteroatoms. The first-order valence-electron chi connectivity index (χ1n) is 11.3. The molecule has 0 N–H and O–H groups in total. The van der Waals surface area contributed by atoms with Gasteiger partial charge >= 0.3 is 0 Å². The highest BCUT2D eigenvalue weighted by Crippen LogP contribution is 2.57. The number of non-ortho nitro benzene ring substituents is 1. The van der Waals surface area contributed by atoms with Crippen LogP contribution in [-0.4, -0.2) is 33.9 Å². The molecule has 3 aromatic rings. The van der Waals surface area contributed by atoms with Crippen LogP contribution in [0.3, 0.4) is 0 Å². The zero-order valence-electron chi connectivity index (χ0n) is 18.9. The van der Waals surface area contributed by atoms with Crippen LogP contribution in [0, 0.1) is 28.9 Å². The average Bonchev–Trinajstić information content (AvgIpc) is 3.44. The molecule has 1 aliphatic carbocycles. The van der Waals surface area contributed by atoms with Gasteiger partial charge in [-0.05, 0) is 24.6 Å². The molecule has 1 spiro atoms. The number of rotatable bonds is 3. The van der Waals surface area contributed by atoms with Gasteiger partial charge in [0.1, 0.15) is 0 Å². The topological polar surface area (TPSA) is 124 Å². The van der Waals surface area contributed by atoms with Crippen molar-refractivity contribution in [3.63, 3.8) is 0 Å². The molecule has 6 rings (SSSR count). The maximum Gasteiger partial charge on any atom is 0.269 e. The van der Waals surface area contributed by atoms with E-state index in [-0.39, 0.29) is 22.5 Å². The highest BCUT2D eigenvalue weighted by Gasteiger charge is 2.74. The molecule has 0 saturated carbocycles. The highest BCUT2D eigenvalue weighted by molar-refractivity contribution is 6.37. The maximum atomic E-state index is 13.8. The minimum Gasteiger partial charge on any atom is -0.349 e. The van der Waals surface area contributed by atoms with Gasteiger partial charge in [0.05, 0.1) is 28.6 Å². The lowest BCUT2D eigenvalue weighted by Crippen LogP contribution is -2.51. The molecule has 36 heavy (non-hydrogen) atoms. The minimum atomic E-state index is -2.16. The van der Waals surface area contributed by atoms with E-state index in [1.165, 1.54) is 36.4 Å². The third-order valence-corrected chi connectivity index (χ3v) is 7.24. The van der Waals surface area contributed by atoms with Gasteiger partial charge in [0.2, 0.25) is 29.0 Å². The van der Waals surface area contributed by atoms with Gasteiger partial charge in [0, 0.05) is 23.3 Å². The Morgan fingerprint density at radius 2 is 1.42 bits per heavy atom. The van der Waals surface area contributed by atoms with E-state index >= 15 is 0 Å². The van der Waals surface area contributed by atoms with Crippen LogP contribution in [0.15, 0.2) is 72.8 Å². The number of fused-ring (bicyclic) bond motifs is 3. The minimum absolute atomic E-state index is 0.123. The lowest BCUT2D eigenvalue weighted by molar-refractivity contribution is -0.384. The average molecular weight is 482 g/mol. The number of nitro groups is 1. The second-order valence-corrected chi connectivity index (χ2v) is 9.18. The van der Waals surface area contributed by atoms with Crippen LogP contribution in [0.25, 0.3) is 0 Å². The molecule has 0 radical (unpaired) electrons. The predicted octanol–water partition coefficient (Wildman–Crippen LogP) is 3.60. The predicted molar refractivity (Wildman–Crippen MR) is 125 cm³/mol. The summed E-state index contributed by atoms with van der Waals surface area (Å²) in [5.74, 6) is -5.16. The summed E-state index contributed by atoms with van der Waals surface area (Å²) in [6, 6.07) is 18.4. The van der Waals surface area contributed by atoms with Crippen LogP contribution >= 0.6 is 0 Å². The number of hydrogen-bond donors (Lipinski definition) is 0. The van der Waals surface area contributed by atoms with Crippen molar-refractivity contribution in [2.75, 3.05) is 4.90 Å². The number of ether oxygens (including phenoxy) is 1. The van der Waals surface area contributed by atoms with Crippen LogP contribution in [-0.2, 0) is 14.3 Å². The SMILES string of the molecule is Cc1ccc(C2OC3(C(=O)c4ccccc4C3=O)C3C(=O)N(c4ccc([N+](=O)[O-])cc4)C(=O)C23)cc1. The molecule has 3 aromatic carbocycles. The number of Topliss-reactive ketones (excluding diaryl/α,β-unsaturated/α-hetero) is 2. The fraction of sp³-hybridized carbons (Fsp3) is 0.185. The summed E-state index contributed by atoms with van der Waals surface area (Å²) < 4.78 is 6.23. The second-order valence-electron chi connectivity index (χ2n) is 9.18. The molecule has 2 aliphatic heterocycles. The summed E-state index contributed by atoms with van der Waals surface area (Å²) in [5.41, 5.74) is -0.406. The third-order valence-electron chi connectivity index (χ3n) is 7.24. The highest BCUT2D eigenvalue weighted by atomic mass is 16.6. The Kier molecular flexibility index (Phi) is 4.58. The van der Waals surface area contributed by atoms with Crippen LogP contribution in [0.4, 0.5) is 11.4 Å². The summed E-state index contributed by atoms with van der Waals surface area (Å²) >= 11 is 0. The number of amides is 2. The van der Waals surface area contributed by atoms with Crippen LogP contribution in [0.5, 0.6) is 0 Å².